The van der Waals surface area contributed by atoms with Crippen LogP contribution < -0.4 is 10.2 Å². The number of nitrogens with zero attached hydrogens (tertiary/aromatic N) is 5. The number of carbonyl (C=O) groups is 2. The van der Waals surface area contributed by atoms with Gasteiger partial charge in [0.2, 0.25) is 0 Å². The number of hydrogen-bond donors (Lipinski definition) is 1. The molecule has 4 heterocycles. The van der Waals surface area contributed by atoms with E-state index in [0.717, 1.165) is 11.4 Å². The molecule has 9 nitrogen and oxygen atoms in total. The van der Waals surface area contributed by atoms with Crippen LogP contribution in [0.1, 0.15) is 40.7 Å². The average Bonchev–Trinajstić information content (AvgIpc) is 3.21. The zero-order valence-corrected chi connectivity index (χ0v) is 16.5. The molecule has 0 aromatic carbocycles. The lowest BCUT2D eigenvalue weighted by Gasteiger charge is -2.22. The van der Waals surface area contributed by atoms with Crippen LogP contribution in [0.4, 0.5) is 5.82 Å². The minimum Gasteiger partial charge on any atom is -0.437 e. The average molecular weight is 404 g/mol. The predicted molar refractivity (Wildman–Crippen MR) is 106 cm³/mol. The molecule has 0 bridgehead atoms. The topological polar surface area (TPSA) is 114 Å². The Morgan fingerprint density at radius 3 is 2.80 bits per heavy atom. The number of aromatic nitrogens is 4. The summed E-state index contributed by atoms with van der Waals surface area (Å²) in [6.07, 6.45) is 6.84. The summed E-state index contributed by atoms with van der Waals surface area (Å²) < 4.78 is 5.61. The number of amides is 2. The summed E-state index contributed by atoms with van der Waals surface area (Å²) in [5.74, 6) is 0.531. The minimum atomic E-state index is -0.690. The Labute approximate surface area is 172 Å². The number of carbonyl (C=O) groups excluding carboxylic acids is 2. The van der Waals surface area contributed by atoms with Crippen molar-refractivity contribution in [2.75, 3.05) is 11.9 Å². The molecule has 9 heteroatoms. The van der Waals surface area contributed by atoms with Crippen LogP contribution >= 0.6 is 0 Å². The summed E-state index contributed by atoms with van der Waals surface area (Å²) in [7, 11) is 1.65. The van der Waals surface area contributed by atoms with E-state index < -0.39 is 11.9 Å². The first-order chi connectivity index (χ1) is 14.5. The lowest BCUT2D eigenvalue weighted by Crippen LogP contribution is -2.49. The van der Waals surface area contributed by atoms with E-state index in [2.05, 4.69) is 32.2 Å². The van der Waals surface area contributed by atoms with Crippen molar-refractivity contribution in [2.24, 2.45) is 11.8 Å². The maximum absolute atomic E-state index is 13.1. The number of oxazole rings is 1. The van der Waals surface area contributed by atoms with Crippen molar-refractivity contribution in [3.8, 4) is 0 Å². The summed E-state index contributed by atoms with van der Waals surface area (Å²) in [6.45, 7) is 2.06. The van der Waals surface area contributed by atoms with Crippen LogP contribution in [0.3, 0.4) is 0 Å². The van der Waals surface area contributed by atoms with Gasteiger partial charge < -0.3 is 9.73 Å². The molecule has 1 aliphatic heterocycles. The highest BCUT2D eigenvalue weighted by Gasteiger charge is 2.59. The molecule has 30 heavy (non-hydrogen) atoms. The van der Waals surface area contributed by atoms with Crippen LogP contribution in [0.5, 0.6) is 0 Å². The Kier molecular flexibility index (Phi) is 4.30. The van der Waals surface area contributed by atoms with E-state index in [1.807, 2.05) is 18.2 Å². The Balaban J connectivity index is 1.35. The van der Waals surface area contributed by atoms with E-state index >= 15 is 0 Å². The molecule has 3 aromatic rings. The van der Waals surface area contributed by atoms with E-state index in [0.29, 0.717) is 18.0 Å². The van der Waals surface area contributed by atoms with E-state index in [9.17, 15) is 9.59 Å². The molecule has 2 unspecified atom stereocenters. The van der Waals surface area contributed by atoms with Gasteiger partial charge in [-0.3, -0.25) is 24.5 Å². The van der Waals surface area contributed by atoms with Gasteiger partial charge in [0, 0.05) is 49.6 Å². The largest absolute Gasteiger partial charge is 0.437 e. The third kappa shape index (κ3) is 3.02. The zero-order chi connectivity index (χ0) is 20.8. The first-order valence-corrected chi connectivity index (χ1v) is 9.78. The molecule has 152 valence electrons. The van der Waals surface area contributed by atoms with Crippen molar-refractivity contribution >= 4 is 17.6 Å². The fourth-order valence-corrected chi connectivity index (χ4v) is 4.28. The number of hydrogen-bond acceptors (Lipinski definition) is 7. The van der Waals surface area contributed by atoms with Crippen LogP contribution in [0, 0.1) is 11.8 Å². The van der Waals surface area contributed by atoms with Gasteiger partial charge in [0.05, 0.1) is 11.9 Å². The van der Waals surface area contributed by atoms with Crippen LogP contribution in [-0.2, 0) is 11.2 Å². The highest BCUT2D eigenvalue weighted by molar-refractivity contribution is 6.02. The van der Waals surface area contributed by atoms with Crippen LogP contribution in [0.2, 0.25) is 0 Å². The molecule has 3 aromatic heterocycles. The Morgan fingerprint density at radius 1 is 1.17 bits per heavy atom. The molecule has 1 saturated carbocycles. The molecule has 0 spiro atoms. The fourth-order valence-electron chi connectivity index (χ4n) is 4.28. The van der Waals surface area contributed by atoms with Crippen molar-refractivity contribution in [3.05, 3.63) is 66.0 Å². The van der Waals surface area contributed by atoms with Crippen LogP contribution in [0.25, 0.3) is 0 Å². The van der Waals surface area contributed by atoms with E-state index in [1.54, 1.807) is 25.6 Å². The normalized spacial score (nSPS) is 24.6. The molecule has 4 atom stereocenters. The molecular weight excluding hydrogens is 384 g/mol. The predicted octanol–water partition coefficient (Wildman–Crippen LogP) is 1.57. The van der Waals surface area contributed by atoms with Crippen molar-refractivity contribution in [1.29, 1.82) is 0 Å². The molecule has 0 saturated heterocycles. The number of fused-ring (bicyclic) bond motifs is 3. The van der Waals surface area contributed by atoms with E-state index in [-0.39, 0.29) is 29.6 Å². The third-order valence-corrected chi connectivity index (χ3v) is 5.88. The summed E-state index contributed by atoms with van der Waals surface area (Å²) in [6, 6.07) is 4.90. The molecule has 2 aliphatic rings. The Morgan fingerprint density at radius 2 is 2.00 bits per heavy atom. The smallest absolute Gasteiger partial charge is 0.307 e. The lowest BCUT2D eigenvalue weighted by molar-refractivity contribution is -0.120. The molecular formula is C21H20N6O3. The van der Waals surface area contributed by atoms with E-state index in [1.165, 1.54) is 11.1 Å². The van der Waals surface area contributed by atoms with Gasteiger partial charge in [-0.1, -0.05) is 13.0 Å². The molecule has 0 radical (unpaired) electrons. The number of anilines is 1. The van der Waals surface area contributed by atoms with Crippen molar-refractivity contribution in [2.45, 2.75) is 25.3 Å². The molecule has 1 aliphatic carbocycles. The second kappa shape index (κ2) is 7.01. The third-order valence-electron chi connectivity index (χ3n) is 5.88. The summed E-state index contributed by atoms with van der Waals surface area (Å²) in [4.78, 5) is 44.5. The van der Waals surface area contributed by atoms with Gasteiger partial charge in [0.25, 0.3) is 11.8 Å². The van der Waals surface area contributed by atoms with Gasteiger partial charge in [0.1, 0.15) is 11.8 Å². The van der Waals surface area contributed by atoms with Gasteiger partial charge in [0.15, 0.2) is 5.82 Å². The van der Waals surface area contributed by atoms with Gasteiger partial charge in [-0.25, -0.2) is 9.97 Å². The SMILES string of the molecule is C[C@H]1C2c3nccnc3N(C)C(=O)[C@@H](NC(=O)c3ncc(Cc4ccccn4)o3)C21. The maximum atomic E-state index is 13.1. The fraction of sp³-hybridized carbons (Fsp3) is 0.333. The molecule has 2 amide bonds. The number of nitrogens with one attached hydrogen (secondary N) is 1. The summed E-state index contributed by atoms with van der Waals surface area (Å²) >= 11 is 0. The van der Waals surface area contributed by atoms with Crippen molar-refractivity contribution < 1.29 is 14.0 Å². The second-order valence-corrected chi connectivity index (χ2v) is 7.71. The second-order valence-electron chi connectivity index (χ2n) is 7.71. The van der Waals surface area contributed by atoms with Crippen molar-refractivity contribution in [1.82, 2.24) is 25.3 Å². The minimum absolute atomic E-state index is 0.0372. The highest BCUT2D eigenvalue weighted by Crippen LogP contribution is 2.58. The van der Waals surface area contributed by atoms with Crippen molar-refractivity contribution in [3.63, 3.8) is 0 Å². The van der Waals surface area contributed by atoms with Gasteiger partial charge in [-0.05, 0) is 18.1 Å². The van der Waals surface area contributed by atoms with Gasteiger partial charge in [-0.15, -0.1) is 0 Å². The zero-order valence-electron chi connectivity index (χ0n) is 16.5. The maximum Gasteiger partial charge on any atom is 0.307 e. The first-order valence-electron chi connectivity index (χ1n) is 9.78. The lowest BCUT2D eigenvalue weighted by atomic mass is 10.1. The number of rotatable bonds is 4. The van der Waals surface area contributed by atoms with Crippen LogP contribution in [0.15, 0.2) is 47.4 Å². The monoisotopic (exact) mass is 404 g/mol. The summed E-state index contributed by atoms with van der Waals surface area (Å²) in [5.41, 5.74) is 1.62. The molecule has 1 fully saturated rings. The quantitative estimate of drug-likeness (QED) is 0.702. The highest BCUT2D eigenvalue weighted by atomic mass is 16.4. The van der Waals surface area contributed by atoms with Gasteiger partial charge in [-0.2, -0.15) is 0 Å². The molecule has 5 rings (SSSR count). The number of likely N-dealkylation sites (N-methyl/N-ethyl adjacent to an activating group) is 1. The van der Waals surface area contributed by atoms with E-state index in [4.69, 9.17) is 4.42 Å². The van der Waals surface area contributed by atoms with Crippen LogP contribution in [-0.4, -0.2) is 44.8 Å². The summed E-state index contributed by atoms with van der Waals surface area (Å²) in [5, 5.41) is 2.83. The van der Waals surface area contributed by atoms with Gasteiger partial charge >= 0.3 is 5.91 Å². The Bertz CT molecular complexity index is 1110. The first kappa shape index (κ1) is 18.4. The Hall–Kier alpha value is -3.62. The number of pyridine rings is 1. The standard InChI is InChI=1S/C21H20N6O3/c1-11-14-15(11)17(21(29)27(2)18-16(14)23-7-8-24-18)26-19(28)20-25-10-13(30-20)9-12-5-3-4-6-22-12/h3-8,10-11,14-15,17H,9H2,1-2H3,(H,26,28)/t11-,14?,15?,17-/m0/s1. The molecule has 1 N–H and O–H groups in total.